The van der Waals surface area contributed by atoms with Crippen molar-refractivity contribution in [1.82, 2.24) is 10.2 Å². The van der Waals surface area contributed by atoms with Crippen molar-refractivity contribution in [3.63, 3.8) is 0 Å². The van der Waals surface area contributed by atoms with Gasteiger partial charge in [0.25, 0.3) is 0 Å². The van der Waals surface area contributed by atoms with Gasteiger partial charge in [0, 0.05) is 22.8 Å². The number of thioether (sulfide) groups is 1. The zero-order valence-electron chi connectivity index (χ0n) is 17.2. The summed E-state index contributed by atoms with van der Waals surface area (Å²) in [4.78, 5) is 27.4. The highest BCUT2D eigenvalue weighted by Crippen LogP contribution is 2.18. The number of nitrogens with zero attached hydrogens (tertiary/aromatic N) is 1. The molecular weight excluding hydrogens is 448 g/mol. The summed E-state index contributed by atoms with van der Waals surface area (Å²) in [5, 5.41) is 2.99. The van der Waals surface area contributed by atoms with E-state index in [1.54, 1.807) is 23.6 Å². The Kier molecular flexibility index (Phi) is 9.74. The van der Waals surface area contributed by atoms with Crippen LogP contribution in [-0.4, -0.2) is 34.6 Å². The monoisotopic (exact) mass is 476 g/mol. The molecule has 0 aliphatic rings. The smallest absolute Gasteiger partial charge is 0.242 e. The SMILES string of the molecule is CC[C@@H](C)NC(=O)[C@@H](C)N(Cc1cccc(Br)c1)C(=O)CSCc1ccccc1. The number of halogens is 1. The van der Waals surface area contributed by atoms with Gasteiger partial charge in [-0.3, -0.25) is 9.59 Å². The van der Waals surface area contributed by atoms with Crippen LogP contribution in [-0.2, 0) is 21.9 Å². The van der Waals surface area contributed by atoms with E-state index in [0.717, 1.165) is 22.2 Å². The van der Waals surface area contributed by atoms with E-state index >= 15 is 0 Å². The highest BCUT2D eigenvalue weighted by atomic mass is 79.9. The summed E-state index contributed by atoms with van der Waals surface area (Å²) in [7, 11) is 0. The maximum atomic E-state index is 13.0. The maximum absolute atomic E-state index is 13.0. The van der Waals surface area contributed by atoms with Gasteiger partial charge in [0.2, 0.25) is 11.8 Å². The average molecular weight is 477 g/mol. The fourth-order valence-corrected chi connectivity index (χ4v) is 4.11. The van der Waals surface area contributed by atoms with Crippen LogP contribution in [0.15, 0.2) is 59.1 Å². The van der Waals surface area contributed by atoms with Gasteiger partial charge in [-0.1, -0.05) is 65.3 Å². The van der Waals surface area contributed by atoms with Gasteiger partial charge < -0.3 is 10.2 Å². The van der Waals surface area contributed by atoms with Crippen LogP contribution in [0, 0.1) is 0 Å². The number of benzene rings is 2. The Hall–Kier alpha value is -1.79. The first kappa shape index (κ1) is 23.5. The summed E-state index contributed by atoms with van der Waals surface area (Å²) in [6, 6.07) is 17.5. The molecule has 2 atom stereocenters. The second-order valence-corrected chi connectivity index (χ2v) is 9.03. The molecule has 0 saturated carbocycles. The van der Waals surface area contributed by atoms with Crippen LogP contribution in [0.25, 0.3) is 0 Å². The first-order valence-electron chi connectivity index (χ1n) is 9.86. The zero-order chi connectivity index (χ0) is 21.2. The van der Waals surface area contributed by atoms with Crippen molar-refractivity contribution in [3.05, 3.63) is 70.2 Å². The largest absolute Gasteiger partial charge is 0.352 e. The third-order valence-corrected chi connectivity index (χ3v) is 6.23. The number of nitrogens with one attached hydrogen (secondary N) is 1. The zero-order valence-corrected chi connectivity index (χ0v) is 19.6. The van der Waals surface area contributed by atoms with E-state index < -0.39 is 6.04 Å². The summed E-state index contributed by atoms with van der Waals surface area (Å²) in [5.74, 6) is 0.961. The molecule has 0 saturated heterocycles. The van der Waals surface area contributed by atoms with Crippen LogP contribution in [0.4, 0.5) is 0 Å². The first-order valence-corrected chi connectivity index (χ1v) is 11.8. The Morgan fingerprint density at radius 2 is 1.76 bits per heavy atom. The molecule has 0 spiro atoms. The lowest BCUT2D eigenvalue weighted by molar-refractivity contribution is -0.138. The molecule has 0 aliphatic heterocycles. The molecule has 0 fully saturated rings. The van der Waals surface area contributed by atoms with Crippen molar-refractivity contribution in [2.24, 2.45) is 0 Å². The second-order valence-electron chi connectivity index (χ2n) is 7.12. The topological polar surface area (TPSA) is 49.4 Å². The van der Waals surface area contributed by atoms with Crippen LogP contribution in [0.2, 0.25) is 0 Å². The van der Waals surface area contributed by atoms with E-state index in [1.807, 2.05) is 56.3 Å². The molecule has 2 aromatic rings. The van der Waals surface area contributed by atoms with E-state index in [-0.39, 0.29) is 17.9 Å². The maximum Gasteiger partial charge on any atom is 0.242 e. The minimum atomic E-state index is -0.534. The molecule has 0 radical (unpaired) electrons. The van der Waals surface area contributed by atoms with Gasteiger partial charge in [0.15, 0.2) is 0 Å². The Morgan fingerprint density at radius 1 is 1.07 bits per heavy atom. The minimum Gasteiger partial charge on any atom is -0.352 e. The third-order valence-electron chi connectivity index (χ3n) is 4.75. The lowest BCUT2D eigenvalue weighted by atomic mass is 10.1. The van der Waals surface area contributed by atoms with Crippen molar-refractivity contribution in [1.29, 1.82) is 0 Å². The van der Waals surface area contributed by atoms with E-state index in [0.29, 0.717) is 12.3 Å². The number of carbonyl (C=O) groups is 2. The standard InChI is InChI=1S/C23H29BrN2O2S/c1-4-17(2)25-23(28)18(3)26(14-20-11-8-12-21(24)13-20)22(27)16-29-15-19-9-6-5-7-10-19/h5-13,17-18H,4,14-16H2,1-3H3,(H,25,28)/t17-,18-/m1/s1. The molecule has 0 aromatic heterocycles. The summed E-state index contributed by atoms with van der Waals surface area (Å²) in [6.45, 7) is 6.20. The highest BCUT2D eigenvalue weighted by Gasteiger charge is 2.26. The predicted octanol–water partition coefficient (Wildman–Crippen LogP) is 5.01. The van der Waals surface area contributed by atoms with Crippen LogP contribution in [0.5, 0.6) is 0 Å². The second kappa shape index (κ2) is 12.0. The van der Waals surface area contributed by atoms with Crippen LogP contribution in [0.1, 0.15) is 38.3 Å². The molecular formula is C23H29BrN2O2S. The van der Waals surface area contributed by atoms with E-state index in [9.17, 15) is 9.59 Å². The molecule has 2 aromatic carbocycles. The van der Waals surface area contributed by atoms with Crippen molar-refractivity contribution in [2.75, 3.05) is 5.75 Å². The van der Waals surface area contributed by atoms with Crippen LogP contribution < -0.4 is 5.32 Å². The van der Waals surface area contributed by atoms with Crippen molar-refractivity contribution < 1.29 is 9.59 Å². The number of rotatable bonds is 10. The van der Waals surface area contributed by atoms with Gasteiger partial charge in [-0.25, -0.2) is 0 Å². The minimum absolute atomic E-state index is 0.0299. The third kappa shape index (κ3) is 7.86. The van der Waals surface area contributed by atoms with E-state index in [2.05, 4.69) is 33.4 Å². The fourth-order valence-electron chi connectivity index (χ4n) is 2.79. The Morgan fingerprint density at radius 3 is 2.41 bits per heavy atom. The summed E-state index contributed by atoms with van der Waals surface area (Å²) >= 11 is 5.05. The number of amides is 2. The predicted molar refractivity (Wildman–Crippen MR) is 125 cm³/mol. The fraction of sp³-hybridized carbons (Fsp3) is 0.391. The normalized spacial score (nSPS) is 12.8. The average Bonchev–Trinajstić information content (AvgIpc) is 2.72. The van der Waals surface area contributed by atoms with Crippen molar-refractivity contribution in [2.45, 2.75) is 51.6 Å². The molecule has 156 valence electrons. The van der Waals surface area contributed by atoms with Gasteiger partial charge in [0.05, 0.1) is 5.75 Å². The Labute approximate surface area is 186 Å². The Bertz CT molecular complexity index is 800. The molecule has 2 amide bonds. The van der Waals surface area contributed by atoms with Gasteiger partial charge in [-0.2, -0.15) is 0 Å². The molecule has 29 heavy (non-hydrogen) atoms. The Balaban J connectivity index is 2.07. The van der Waals surface area contributed by atoms with Crippen molar-refractivity contribution >= 4 is 39.5 Å². The quantitative estimate of drug-likeness (QED) is 0.523. The number of carbonyl (C=O) groups excluding carboxylic acids is 2. The molecule has 4 nitrogen and oxygen atoms in total. The van der Waals surface area contributed by atoms with Gasteiger partial charge in [-0.15, -0.1) is 11.8 Å². The summed E-state index contributed by atoms with van der Waals surface area (Å²) < 4.78 is 0.956. The lowest BCUT2D eigenvalue weighted by Gasteiger charge is -2.29. The molecule has 1 N–H and O–H groups in total. The summed E-state index contributed by atoms with van der Waals surface area (Å²) in [6.07, 6.45) is 0.852. The molecule has 0 heterocycles. The molecule has 2 rings (SSSR count). The lowest BCUT2D eigenvalue weighted by Crippen LogP contribution is -2.50. The van der Waals surface area contributed by atoms with Gasteiger partial charge in [-0.05, 0) is 43.5 Å². The molecule has 0 bridgehead atoms. The molecule has 0 aliphatic carbocycles. The number of hydrogen-bond acceptors (Lipinski definition) is 3. The highest BCUT2D eigenvalue weighted by molar-refractivity contribution is 9.10. The molecule has 0 unspecified atom stereocenters. The van der Waals surface area contributed by atoms with E-state index in [4.69, 9.17) is 0 Å². The van der Waals surface area contributed by atoms with E-state index in [1.165, 1.54) is 5.56 Å². The number of hydrogen-bond donors (Lipinski definition) is 1. The van der Waals surface area contributed by atoms with Crippen LogP contribution in [0.3, 0.4) is 0 Å². The van der Waals surface area contributed by atoms with Gasteiger partial charge in [0.1, 0.15) is 6.04 Å². The van der Waals surface area contributed by atoms with Crippen molar-refractivity contribution in [3.8, 4) is 0 Å². The first-order chi connectivity index (χ1) is 13.9. The van der Waals surface area contributed by atoms with Gasteiger partial charge >= 0.3 is 0 Å². The van der Waals surface area contributed by atoms with Crippen LogP contribution >= 0.6 is 27.7 Å². The molecule has 6 heteroatoms. The summed E-state index contributed by atoms with van der Waals surface area (Å²) in [5.41, 5.74) is 2.18.